The molecule has 17 atom stereocenters. The molecule has 0 aromatic carbocycles. The lowest BCUT2D eigenvalue weighted by Crippen LogP contribution is -2.69. The number of carbonyl (C=O) groups is 3. The summed E-state index contributed by atoms with van der Waals surface area (Å²) in [4.78, 5) is 35.2. The molecule has 21 heteroatoms. The predicted octanol–water partition coefficient (Wildman–Crippen LogP) is -5.75. The molecule has 5 saturated heterocycles. The van der Waals surface area contributed by atoms with E-state index in [0.717, 1.165) is 13.8 Å². The first kappa shape index (κ1) is 34.2. The van der Waals surface area contributed by atoms with Crippen LogP contribution < -0.4 is 0 Å². The molecule has 5 fully saturated rings. The van der Waals surface area contributed by atoms with Gasteiger partial charge in [-0.25, -0.2) is 14.4 Å². The van der Waals surface area contributed by atoms with Crippen LogP contribution in [0.2, 0.25) is 0 Å². The number of hydrogen-bond acceptors (Lipinski definition) is 18. The molecular weight excluding hydrogens is 624 g/mol. The number of carboxylic acid groups (broad SMARTS) is 3. The van der Waals surface area contributed by atoms with Crippen molar-refractivity contribution in [2.75, 3.05) is 13.2 Å². The van der Waals surface area contributed by atoms with E-state index in [1.54, 1.807) is 0 Å². The zero-order chi connectivity index (χ0) is 33.2. The standard InChI is InChI=1S/C24H34O21/c1-23(21(33)34)37-4-6-12(43-23)13(10(29)18(32)38-6)41-19-8(27)7(26)11(5(3-25)39-19)40-20-16-14(9(28)15(42-20)17(30)31)44-24(2,45-16)22(35)36/h5-16,18-20,25-29,32H,3-4H2,1-2H3,(H,30,31)(H,33,34)(H,35,36)/t5-,6-,7-,8-,9+,10+,11-,12-,13-,14+,15+,16-,18-,19+,20-,23?,24?/m1/s1. The molecule has 2 unspecified atom stereocenters. The third kappa shape index (κ3) is 6.03. The number of fused-ring (bicyclic) bond motifs is 2. The first-order chi connectivity index (χ1) is 21.0. The van der Waals surface area contributed by atoms with E-state index in [9.17, 15) is 60.3 Å². The monoisotopic (exact) mass is 658 g/mol. The fraction of sp³-hybridized carbons (Fsp3) is 0.875. The molecule has 0 aromatic rings. The molecule has 21 nitrogen and oxygen atoms in total. The molecule has 0 aromatic heterocycles. The summed E-state index contributed by atoms with van der Waals surface area (Å²) < 4.78 is 48.9. The fourth-order valence-corrected chi connectivity index (χ4v) is 5.68. The molecule has 0 amide bonds. The highest BCUT2D eigenvalue weighted by Crippen LogP contribution is 2.41. The summed E-state index contributed by atoms with van der Waals surface area (Å²) in [5.41, 5.74) is 0. The molecule has 0 radical (unpaired) electrons. The summed E-state index contributed by atoms with van der Waals surface area (Å²) in [7, 11) is 0. The Kier molecular flexibility index (Phi) is 9.44. The van der Waals surface area contributed by atoms with Gasteiger partial charge in [0.1, 0.15) is 67.1 Å². The van der Waals surface area contributed by atoms with Crippen molar-refractivity contribution in [3.8, 4) is 0 Å². The van der Waals surface area contributed by atoms with Gasteiger partial charge in [0.15, 0.2) is 25.0 Å². The highest BCUT2D eigenvalue weighted by atomic mass is 16.8. The molecule has 0 bridgehead atoms. The predicted molar refractivity (Wildman–Crippen MR) is 129 cm³/mol. The van der Waals surface area contributed by atoms with Crippen molar-refractivity contribution in [2.45, 2.75) is 118 Å². The summed E-state index contributed by atoms with van der Waals surface area (Å²) in [5.74, 6) is -9.41. The Bertz CT molecular complexity index is 1140. The van der Waals surface area contributed by atoms with Crippen LogP contribution in [0.1, 0.15) is 13.8 Å². The summed E-state index contributed by atoms with van der Waals surface area (Å²) >= 11 is 0. The lowest BCUT2D eigenvalue weighted by molar-refractivity contribution is -0.404. The Hall–Kier alpha value is -2.19. The van der Waals surface area contributed by atoms with Crippen molar-refractivity contribution in [3.63, 3.8) is 0 Å². The van der Waals surface area contributed by atoms with E-state index in [0.29, 0.717) is 0 Å². The van der Waals surface area contributed by atoms with E-state index in [-0.39, 0.29) is 0 Å². The molecule has 9 N–H and O–H groups in total. The van der Waals surface area contributed by atoms with Crippen molar-refractivity contribution < 1.29 is 103 Å². The van der Waals surface area contributed by atoms with E-state index in [1.165, 1.54) is 0 Å². The number of aliphatic hydroxyl groups excluding tert-OH is 6. The fourth-order valence-electron chi connectivity index (χ4n) is 5.68. The van der Waals surface area contributed by atoms with Gasteiger partial charge < -0.3 is 88.6 Å². The number of carboxylic acids is 3. The minimum Gasteiger partial charge on any atom is -0.479 e. The third-order valence-electron chi connectivity index (χ3n) is 8.18. The van der Waals surface area contributed by atoms with Crippen molar-refractivity contribution in [2.24, 2.45) is 0 Å². The summed E-state index contributed by atoms with van der Waals surface area (Å²) in [5, 5.41) is 91.9. The minimum atomic E-state index is -2.36. The van der Waals surface area contributed by atoms with Crippen LogP contribution in [0.15, 0.2) is 0 Å². The highest BCUT2D eigenvalue weighted by molar-refractivity contribution is 5.76. The molecule has 5 heterocycles. The number of rotatable bonds is 8. The van der Waals surface area contributed by atoms with Gasteiger partial charge in [0.05, 0.1) is 13.2 Å². The van der Waals surface area contributed by atoms with Crippen LogP contribution in [-0.2, 0) is 57.0 Å². The lowest BCUT2D eigenvalue weighted by atomic mass is 9.95. The van der Waals surface area contributed by atoms with Crippen LogP contribution in [0.4, 0.5) is 0 Å². The quantitative estimate of drug-likeness (QED) is 0.117. The average Bonchev–Trinajstić information content (AvgIpc) is 3.36. The average molecular weight is 659 g/mol. The smallest absolute Gasteiger partial charge is 0.364 e. The van der Waals surface area contributed by atoms with Crippen LogP contribution in [0, 0.1) is 0 Å². The maximum atomic E-state index is 11.8. The van der Waals surface area contributed by atoms with E-state index < -0.39 is 135 Å². The van der Waals surface area contributed by atoms with Crippen LogP contribution in [0.5, 0.6) is 0 Å². The molecule has 5 aliphatic rings. The second-order valence-corrected chi connectivity index (χ2v) is 11.3. The summed E-state index contributed by atoms with van der Waals surface area (Å²) in [6, 6.07) is 0. The Labute approximate surface area is 252 Å². The molecule has 0 saturated carbocycles. The largest absolute Gasteiger partial charge is 0.479 e. The minimum absolute atomic E-state index is 0.411. The van der Waals surface area contributed by atoms with Crippen LogP contribution in [-0.4, -0.2) is 181 Å². The molecule has 0 aliphatic carbocycles. The van der Waals surface area contributed by atoms with Gasteiger partial charge in [-0.05, 0) is 0 Å². The molecule has 5 aliphatic heterocycles. The second kappa shape index (κ2) is 12.4. The highest BCUT2D eigenvalue weighted by Gasteiger charge is 2.62. The molecular formula is C24H34O21. The maximum absolute atomic E-state index is 11.8. The topological polar surface area (TPSA) is 316 Å². The van der Waals surface area contributed by atoms with E-state index >= 15 is 0 Å². The van der Waals surface area contributed by atoms with Crippen LogP contribution in [0.25, 0.3) is 0 Å². The zero-order valence-corrected chi connectivity index (χ0v) is 23.5. The Balaban J connectivity index is 1.35. The summed E-state index contributed by atoms with van der Waals surface area (Å²) in [6.45, 7) is 0.715. The van der Waals surface area contributed by atoms with Crippen molar-refractivity contribution >= 4 is 17.9 Å². The Morgan fingerprint density at radius 1 is 0.711 bits per heavy atom. The first-order valence-electron chi connectivity index (χ1n) is 13.7. The molecule has 256 valence electrons. The number of aliphatic carboxylic acids is 3. The third-order valence-corrected chi connectivity index (χ3v) is 8.18. The molecule has 5 rings (SSSR count). The Morgan fingerprint density at radius 2 is 1.31 bits per heavy atom. The van der Waals surface area contributed by atoms with E-state index in [4.69, 9.17) is 42.6 Å². The second-order valence-electron chi connectivity index (χ2n) is 11.3. The van der Waals surface area contributed by atoms with Gasteiger partial charge in [-0.15, -0.1) is 0 Å². The van der Waals surface area contributed by atoms with E-state index in [1.807, 2.05) is 0 Å². The van der Waals surface area contributed by atoms with E-state index in [2.05, 4.69) is 0 Å². The molecule has 45 heavy (non-hydrogen) atoms. The van der Waals surface area contributed by atoms with Gasteiger partial charge in [-0.2, -0.15) is 0 Å². The van der Waals surface area contributed by atoms with Gasteiger partial charge in [-0.3, -0.25) is 0 Å². The number of ether oxygens (including phenoxy) is 9. The van der Waals surface area contributed by atoms with Gasteiger partial charge in [0.25, 0.3) is 11.6 Å². The van der Waals surface area contributed by atoms with Gasteiger partial charge >= 0.3 is 17.9 Å². The molecule has 0 spiro atoms. The van der Waals surface area contributed by atoms with Gasteiger partial charge in [-0.1, -0.05) is 0 Å². The normalized spacial score (nSPS) is 51.6. The van der Waals surface area contributed by atoms with Crippen molar-refractivity contribution in [3.05, 3.63) is 0 Å². The van der Waals surface area contributed by atoms with Crippen molar-refractivity contribution in [1.82, 2.24) is 0 Å². The number of hydrogen-bond donors (Lipinski definition) is 9. The van der Waals surface area contributed by atoms with Crippen LogP contribution in [0.3, 0.4) is 0 Å². The first-order valence-corrected chi connectivity index (χ1v) is 13.7. The van der Waals surface area contributed by atoms with Crippen LogP contribution >= 0.6 is 0 Å². The number of aliphatic hydroxyl groups is 6. The summed E-state index contributed by atoms with van der Waals surface area (Å²) in [6.07, 6.45) is -26.3. The Morgan fingerprint density at radius 3 is 1.91 bits per heavy atom. The maximum Gasteiger partial charge on any atom is 0.364 e. The zero-order valence-electron chi connectivity index (χ0n) is 23.5. The van der Waals surface area contributed by atoms with Crippen molar-refractivity contribution in [1.29, 1.82) is 0 Å². The SMILES string of the molecule is CC1(C(=O)O)O[C@H]2[C@H](O[C@H]3[C@H](O)[C@@H](O)[C@H](O[C@@H]4[C@H](O)[C@H](O)O[C@@H]5COC(C)(C(=O)O)O[C@@H]45)O[C@@H]3CO)O[C@H](C(=O)O)[C@@H](O)[C@@H]2O1. The van der Waals surface area contributed by atoms with Gasteiger partial charge in [0, 0.05) is 13.8 Å². The van der Waals surface area contributed by atoms with Gasteiger partial charge in [0.2, 0.25) is 0 Å². The lowest BCUT2D eigenvalue weighted by Gasteiger charge is -2.50.